The van der Waals surface area contributed by atoms with E-state index >= 15 is 0 Å². The number of hydrogen-bond acceptors (Lipinski definition) is 5. The summed E-state index contributed by atoms with van der Waals surface area (Å²) in [5.74, 6) is -0.491. The maximum atomic E-state index is 10.2. The standard InChI is InChI=1S/C5H10O.C4H10O3.C2H4O2/c1-3-5(6)4-2;5-1-3-7-4-2-6;1-2(3)4/h3-4H2,1-2H3;5-6H,1-4H2;1H3,(H,3,4). The van der Waals surface area contributed by atoms with E-state index in [0.717, 1.165) is 6.92 Å². The molecule has 0 aromatic heterocycles. The van der Waals surface area contributed by atoms with E-state index in [0.29, 0.717) is 31.8 Å². The number of aliphatic hydroxyl groups is 2. The van der Waals surface area contributed by atoms with Gasteiger partial charge in [-0.15, -0.1) is 0 Å². The number of ether oxygens (including phenoxy) is 1. The lowest BCUT2D eigenvalue weighted by atomic mass is 10.3. The predicted molar refractivity (Wildman–Crippen MR) is 63.9 cm³/mol. The molecule has 0 fully saturated rings. The summed E-state index contributed by atoms with van der Waals surface area (Å²) in [5, 5.41) is 23.6. The summed E-state index contributed by atoms with van der Waals surface area (Å²) >= 11 is 0. The van der Waals surface area contributed by atoms with E-state index in [1.54, 1.807) is 0 Å². The molecule has 0 spiro atoms. The zero-order valence-electron chi connectivity index (χ0n) is 10.8. The molecule has 0 aromatic rings. The Kier molecular flexibility index (Phi) is 25.6. The highest BCUT2D eigenvalue weighted by molar-refractivity contribution is 5.77. The van der Waals surface area contributed by atoms with Crippen molar-refractivity contribution >= 4 is 11.8 Å². The molecule has 0 saturated carbocycles. The molecule has 104 valence electrons. The largest absolute Gasteiger partial charge is 0.481 e. The number of aliphatic hydroxyl groups excluding tert-OH is 2. The summed E-state index contributed by atoms with van der Waals surface area (Å²) in [6, 6.07) is 0. The van der Waals surface area contributed by atoms with Crippen LogP contribution in [-0.2, 0) is 14.3 Å². The quantitative estimate of drug-likeness (QED) is 0.593. The van der Waals surface area contributed by atoms with E-state index in [4.69, 9.17) is 20.1 Å². The third-order valence-electron chi connectivity index (χ3n) is 1.26. The van der Waals surface area contributed by atoms with E-state index in [9.17, 15) is 4.79 Å². The smallest absolute Gasteiger partial charge is 0.300 e. The zero-order chi connectivity index (χ0) is 14.1. The fourth-order valence-corrected chi connectivity index (χ4v) is 0.481. The third kappa shape index (κ3) is 51.7. The number of Topliss-reactive ketones (excluding diaryl/α,β-unsaturated/α-hetero) is 1. The van der Waals surface area contributed by atoms with Crippen molar-refractivity contribution in [2.75, 3.05) is 26.4 Å². The van der Waals surface area contributed by atoms with Crippen molar-refractivity contribution in [1.82, 2.24) is 0 Å². The van der Waals surface area contributed by atoms with Gasteiger partial charge in [-0.05, 0) is 0 Å². The van der Waals surface area contributed by atoms with E-state index in [1.807, 2.05) is 13.8 Å². The van der Waals surface area contributed by atoms with Crippen molar-refractivity contribution in [3.8, 4) is 0 Å². The van der Waals surface area contributed by atoms with Gasteiger partial charge >= 0.3 is 0 Å². The summed E-state index contributed by atoms with van der Waals surface area (Å²) in [6.07, 6.45) is 1.38. The molecule has 0 unspecified atom stereocenters. The Labute approximate surface area is 102 Å². The van der Waals surface area contributed by atoms with Crippen LogP contribution in [0.15, 0.2) is 0 Å². The zero-order valence-corrected chi connectivity index (χ0v) is 10.8. The first-order valence-corrected chi connectivity index (χ1v) is 5.46. The lowest BCUT2D eigenvalue weighted by Gasteiger charge is -1.94. The molecular formula is C11H24O6. The number of carboxylic acids is 1. The number of carbonyl (C=O) groups excluding carboxylic acids is 1. The van der Waals surface area contributed by atoms with E-state index in [2.05, 4.69) is 4.74 Å². The Balaban J connectivity index is -0.000000180. The molecule has 0 rings (SSSR count). The number of aliphatic carboxylic acids is 1. The lowest BCUT2D eigenvalue weighted by molar-refractivity contribution is -0.134. The molecule has 6 nitrogen and oxygen atoms in total. The van der Waals surface area contributed by atoms with Crippen molar-refractivity contribution in [2.45, 2.75) is 33.6 Å². The van der Waals surface area contributed by atoms with Gasteiger partial charge in [0.15, 0.2) is 0 Å². The Hall–Kier alpha value is -0.980. The molecule has 3 N–H and O–H groups in total. The Bertz CT molecular complexity index is 155. The van der Waals surface area contributed by atoms with Gasteiger partial charge in [-0.3, -0.25) is 9.59 Å². The highest BCUT2D eigenvalue weighted by atomic mass is 16.5. The van der Waals surface area contributed by atoms with Crippen LogP contribution in [0.3, 0.4) is 0 Å². The van der Waals surface area contributed by atoms with Crippen LogP contribution in [0.2, 0.25) is 0 Å². The first kappa shape index (κ1) is 21.3. The van der Waals surface area contributed by atoms with Crippen LogP contribution in [0.4, 0.5) is 0 Å². The van der Waals surface area contributed by atoms with Crippen LogP contribution in [0.5, 0.6) is 0 Å². The second-order valence-electron chi connectivity index (χ2n) is 2.82. The van der Waals surface area contributed by atoms with Gasteiger partial charge in [-0.25, -0.2) is 0 Å². The molecule has 0 heterocycles. The topological polar surface area (TPSA) is 104 Å². The lowest BCUT2D eigenvalue weighted by Crippen LogP contribution is -2.03. The maximum Gasteiger partial charge on any atom is 0.300 e. The number of rotatable bonds is 6. The van der Waals surface area contributed by atoms with E-state index in [-0.39, 0.29) is 13.2 Å². The molecule has 17 heavy (non-hydrogen) atoms. The van der Waals surface area contributed by atoms with Gasteiger partial charge in [0.05, 0.1) is 26.4 Å². The summed E-state index contributed by atoms with van der Waals surface area (Å²) in [5.41, 5.74) is 0. The SMILES string of the molecule is CC(=O)O.CCC(=O)CC.OCCOCCO. The molecule has 0 aliphatic carbocycles. The van der Waals surface area contributed by atoms with Gasteiger partial charge in [0.25, 0.3) is 5.97 Å². The average Bonchev–Trinajstić information content (AvgIpc) is 2.29. The highest BCUT2D eigenvalue weighted by Gasteiger charge is 1.86. The van der Waals surface area contributed by atoms with Gasteiger partial charge in [0.2, 0.25) is 0 Å². The summed E-state index contributed by atoms with van der Waals surface area (Å²) in [4.78, 5) is 19.2. The molecule has 0 saturated heterocycles. The van der Waals surface area contributed by atoms with Gasteiger partial charge in [0.1, 0.15) is 5.78 Å². The number of carbonyl (C=O) groups is 2. The first-order valence-electron chi connectivity index (χ1n) is 5.46. The molecule has 0 aliphatic heterocycles. The second kappa shape index (κ2) is 20.4. The number of ketones is 1. The molecular weight excluding hydrogens is 228 g/mol. The maximum absolute atomic E-state index is 10.2. The molecule has 0 amide bonds. The van der Waals surface area contributed by atoms with Crippen molar-refractivity contribution in [2.24, 2.45) is 0 Å². The summed E-state index contributed by atoms with van der Waals surface area (Å²) in [6.45, 7) is 5.54. The molecule has 0 radical (unpaired) electrons. The van der Waals surface area contributed by atoms with Gasteiger partial charge < -0.3 is 20.1 Å². The Morgan fingerprint density at radius 2 is 1.29 bits per heavy atom. The van der Waals surface area contributed by atoms with Crippen LogP contribution in [0, 0.1) is 0 Å². The molecule has 0 aromatic carbocycles. The minimum absolute atomic E-state index is 0.0278. The number of carboxylic acid groups (broad SMARTS) is 1. The Morgan fingerprint density at radius 1 is 1.00 bits per heavy atom. The monoisotopic (exact) mass is 252 g/mol. The highest BCUT2D eigenvalue weighted by Crippen LogP contribution is 1.83. The van der Waals surface area contributed by atoms with Crippen LogP contribution in [0.1, 0.15) is 33.6 Å². The summed E-state index contributed by atoms with van der Waals surface area (Å²) < 4.78 is 4.63. The minimum atomic E-state index is -0.833. The number of hydrogen-bond donors (Lipinski definition) is 3. The van der Waals surface area contributed by atoms with E-state index < -0.39 is 5.97 Å². The van der Waals surface area contributed by atoms with Gasteiger partial charge in [0, 0.05) is 19.8 Å². The average molecular weight is 252 g/mol. The van der Waals surface area contributed by atoms with Crippen molar-refractivity contribution in [3.05, 3.63) is 0 Å². The van der Waals surface area contributed by atoms with Crippen molar-refractivity contribution in [3.63, 3.8) is 0 Å². The fourth-order valence-electron chi connectivity index (χ4n) is 0.481. The van der Waals surface area contributed by atoms with Crippen LogP contribution >= 0.6 is 0 Å². The normalized spacial score (nSPS) is 8.29. The van der Waals surface area contributed by atoms with Crippen LogP contribution < -0.4 is 0 Å². The first-order chi connectivity index (χ1) is 7.95. The second-order valence-corrected chi connectivity index (χ2v) is 2.82. The third-order valence-corrected chi connectivity index (χ3v) is 1.26. The van der Waals surface area contributed by atoms with Crippen molar-refractivity contribution < 1.29 is 29.6 Å². The molecule has 0 atom stereocenters. The predicted octanol–water partition coefficient (Wildman–Crippen LogP) is 0.454. The van der Waals surface area contributed by atoms with Crippen LogP contribution in [0.25, 0.3) is 0 Å². The molecule has 0 bridgehead atoms. The minimum Gasteiger partial charge on any atom is -0.481 e. The summed E-state index contributed by atoms with van der Waals surface area (Å²) in [7, 11) is 0. The van der Waals surface area contributed by atoms with Gasteiger partial charge in [-0.1, -0.05) is 13.8 Å². The van der Waals surface area contributed by atoms with Crippen LogP contribution in [-0.4, -0.2) is 53.5 Å². The Morgan fingerprint density at radius 3 is 1.41 bits per heavy atom. The van der Waals surface area contributed by atoms with Gasteiger partial charge in [-0.2, -0.15) is 0 Å². The fraction of sp³-hybridized carbons (Fsp3) is 0.818. The molecule has 0 aliphatic rings. The van der Waals surface area contributed by atoms with E-state index in [1.165, 1.54) is 0 Å². The molecule has 6 heteroatoms. The van der Waals surface area contributed by atoms with Crippen molar-refractivity contribution in [1.29, 1.82) is 0 Å².